The molecule has 1 aliphatic carbocycles. The van der Waals surface area contributed by atoms with E-state index in [2.05, 4.69) is 27.4 Å². The van der Waals surface area contributed by atoms with Gasteiger partial charge in [-0.25, -0.2) is 14.8 Å². The van der Waals surface area contributed by atoms with Crippen molar-refractivity contribution in [2.75, 3.05) is 5.32 Å². The first-order valence-electron chi connectivity index (χ1n) is 10.9. The smallest absolute Gasteiger partial charge is 0.331 e. The zero-order chi connectivity index (χ0) is 22.7. The van der Waals surface area contributed by atoms with Crippen LogP contribution in [0.15, 0.2) is 47.4 Å². The molecule has 4 heterocycles. The van der Waals surface area contributed by atoms with Crippen molar-refractivity contribution >= 4 is 28.7 Å². The number of hydrogen-bond acceptors (Lipinski definition) is 6. The van der Waals surface area contributed by atoms with Crippen molar-refractivity contribution in [1.29, 1.82) is 0 Å². The van der Waals surface area contributed by atoms with E-state index in [1.54, 1.807) is 28.7 Å². The van der Waals surface area contributed by atoms with E-state index in [1.807, 2.05) is 24.3 Å². The molecule has 1 fully saturated rings. The zero-order valence-electron chi connectivity index (χ0n) is 18.3. The molecule has 9 heteroatoms. The summed E-state index contributed by atoms with van der Waals surface area (Å²) in [4.78, 5) is 35.3. The Morgan fingerprint density at radius 3 is 2.76 bits per heavy atom. The SMILES string of the molecule is CC(=O)N1Cc2ncnc(-c3ccc4c(ccn4C(=O)Nc4cc(C5(C)CC5)on4)c3)c2C1. The van der Waals surface area contributed by atoms with Crippen LogP contribution >= 0.6 is 0 Å². The summed E-state index contributed by atoms with van der Waals surface area (Å²) in [7, 11) is 0. The van der Waals surface area contributed by atoms with Gasteiger partial charge in [-0.2, -0.15) is 0 Å². The van der Waals surface area contributed by atoms with Gasteiger partial charge in [-0.1, -0.05) is 18.1 Å². The molecular weight excluding hydrogens is 420 g/mol. The molecule has 4 aromatic rings. The monoisotopic (exact) mass is 442 g/mol. The van der Waals surface area contributed by atoms with E-state index in [0.717, 1.165) is 52.0 Å². The molecule has 1 N–H and O–H groups in total. The average molecular weight is 442 g/mol. The standard InChI is InChI=1S/C24H22N6O3/c1-14(31)29-11-17-18(12-29)25-13-26-22(17)16-3-4-19-15(9-16)5-8-30(19)23(32)27-21-10-20(33-28-21)24(2)6-7-24/h3-5,8-10,13H,6-7,11-12H2,1-2H3,(H,27,28,32). The first-order chi connectivity index (χ1) is 15.9. The Balaban J connectivity index is 1.28. The van der Waals surface area contributed by atoms with E-state index in [9.17, 15) is 9.59 Å². The Labute approximate surface area is 189 Å². The molecule has 1 aliphatic heterocycles. The number of fused-ring (bicyclic) bond motifs is 2. The van der Waals surface area contributed by atoms with Gasteiger partial charge in [0.2, 0.25) is 5.91 Å². The molecular formula is C24H22N6O3. The highest BCUT2D eigenvalue weighted by Crippen LogP contribution is 2.48. The zero-order valence-corrected chi connectivity index (χ0v) is 18.3. The second kappa shape index (κ2) is 6.99. The highest BCUT2D eigenvalue weighted by molar-refractivity contribution is 5.99. The van der Waals surface area contributed by atoms with Crippen LogP contribution in [0.1, 0.15) is 43.7 Å². The molecule has 0 radical (unpaired) electrons. The maximum Gasteiger partial charge on any atom is 0.331 e. The molecule has 6 rings (SSSR count). The number of nitrogens with zero attached hydrogens (tertiary/aromatic N) is 5. The Morgan fingerprint density at radius 1 is 1.12 bits per heavy atom. The Hall–Kier alpha value is -4.01. The van der Waals surface area contributed by atoms with Gasteiger partial charge in [0.1, 0.15) is 12.1 Å². The van der Waals surface area contributed by atoms with Crippen molar-refractivity contribution in [3.8, 4) is 11.3 Å². The quantitative estimate of drug-likeness (QED) is 0.512. The van der Waals surface area contributed by atoms with Crippen molar-refractivity contribution in [1.82, 2.24) is 24.6 Å². The van der Waals surface area contributed by atoms with Crippen molar-refractivity contribution in [2.45, 2.75) is 45.2 Å². The maximum atomic E-state index is 12.9. The van der Waals surface area contributed by atoms with Gasteiger partial charge >= 0.3 is 6.03 Å². The largest absolute Gasteiger partial charge is 0.359 e. The molecule has 2 amide bonds. The van der Waals surface area contributed by atoms with Gasteiger partial charge in [0.25, 0.3) is 0 Å². The maximum absolute atomic E-state index is 12.9. The van der Waals surface area contributed by atoms with Gasteiger partial charge < -0.3 is 9.42 Å². The van der Waals surface area contributed by atoms with Crippen LogP contribution in [-0.2, 0) is 23.3 Å². The number of anilines is 1. The van der Waals surface area contributed by atoms with Crippen LogP contribution in [0.25, 0.3) is 22.2 Å². The van der Waals surface area contributed by atoms with E-state index in [4.69, 9.17) is 4.52 Å². The minimum Gasteiger partial charge on any atom is -0.359 e. The summed E-state index contributed by atoms with van der Waals surface area (Å²) in [6, 6.07) is 9.22. The summed E-state index contributed by atoms with van der Waals surface area (Å²) in [5.74, 6) is 1.23. The van der Waals surface area contributed by atoms with Crippen LogP contribution < -0.4 is 5.32 Å². The lowest BCUT2D eigenvalue weighted by Gasteiger charge is -2.11. The number of aromatic nitrogens is 4. The van der Waals surface area contributed by atoms with Gasteiger partial charge in [-0.3, -0.25) is 14.7 Å². The minimum atomic E-state index is -0.307. The van der Waals surface area contributed by atoms with Crippen LogP contribution in [0.2, 0.25) is 0 Å². The summed E-state index contributed by atoms with van der Waals surface area (Å²) in [5, 5.41) is 7.71. The van der Waals surface area contributed by atoms with E-state index >= 15 is 0 Å². The summed E-state index contributed by atoms with van der Waals surface area (Å²) >= 11 is 0. The van der Waals surface area contributed by atoms with Crippen LogP contribution in [0, 0.1) is 0 Å². The Morgan fingerprint density at radius 2 is 1.97 bits per heavy atom. The molecule has 0 saturated heterocycles. The van der Waals surface area contributed by atoms with E-state index in [-0.39, 0.29) is 17.4 Å². The lowest BCUT2D eigenvalue weighted by Crippen LogP contribution is -2.21. The molecule has 0 bridgehead atoms. The second-order valence-corrected chi connectivity index (χ2v) is 9.05. The summed E-state index contributed by atoms with van der Waals surface area (Å²) in [6.07, 6.45) is 5.41. The van der Waals surface area contributed by atoms with Gasteiger partial charge in [0, 0.05) is 41.1 Å². The number of carbonyl (C=O) groups is 2. The molecule has 0 unspecified atom stereocenters. The fraction of sp³-hybridized carbons (Fsp3) is 0.292. The Bertz CT molecular complexity index is 1430. The van der Waals surface area contributed by atoms with Gasteiger partial charge in [0.05, 0.1) is 30.0 Å². The van der Waals surface area contributed by atoms with Crippen LogP contribution in [-0.4, -0.2) is 36.5 Å². The third-order valence-corrected chi connectivity index (χ3v) is 6.69. The molecule has 9 nitrogen and oxygen atoms in total. The van der Waals surface area contributed by atoms with Crippen molar-refractivity contribution < 1.29 is 14.1 Å². The number of rotatable bonds is 3. The number of nitrogens with one attached hydrogen (secondary N) is 1. The van der Waals surface area contributed by atoms with Gasteiger partial charge in [-0.15, -0.1) is 0 Å². The number of benzene rings is 1. The number of hydrogen-bond donors (Lipinski definition) is 1. The molecule has 3 aromatic heterocycles. The lowest BCUT2D eigenvalue weighted by atomic mass is 10.0. The lowest BCUT2D eigenvalue weighted by molar-refractivity contribution is -0.129. The highest BCUT2D eigenvalue weighted by atomic mass is 16.5. The van der Waals surface area contributed by atoms with Crippen LogP contribution in [0.4, 0.5) is 10.6 Å². The fourth-order valence-electron chi connectivity index (χ4n) is 4.34. The molecule has 1 aromatic carbocycles. The number of carbonyl (C=O) groups excluding carboxylic acids is 2. The van der Waals surface area contributed by atoms with Crippen molar-refractivity contribution in [2.24, 2.45) is 0 Å². The summed E-state index contributed by atoms with van der Waals surface area (Å²) in [5.41, 5.74) is 4.39. The van der Waals surface area contributed by atoms with Gasteiger partial charge in [0.15, 0.2) is 5.82 Å². The van der Waals surface area contributed by atoms with Crippen molar-refractivity contribution in [3.05, 3.63) is 59.9 Å². The molecule has 2 aliphatic rings. The van der Waals surface area contributed by atoms with Crippen LogP contribution in [0.5, 0.6) is 0 Å². The van der Waals surface area contributed by atoms with E-state index in [1.165, 1.54) is 6.33 Å². The van der Waals surface area contributed by atoms with Crippen molar-refractivity contribution in [3.63, 3.8) is 0 Å². The number of amides is 2. The van der Waals surface area contributed by atoms with Gasteiger partial charge in [-0.05, 0) is 31.0 Å². The molecule has 0 spiro atoms. The highest BCUT2D eigenvalue weighted by Gasteiger charge is 2.43. The average Bonchev–Trinajstić information content (AvgIpc) is 3.22. The van der Waals surface area contributed by atoms with E-state index in [0.29, 0.717) is 18.9 Å². The third kappa shape index (κ3) is 3.27. The molecule has 0 atom stereocenters. The molecule has 1 saturated carbocycles. The second-order valence-electron chi connectivity index (χ2n) is 9.05. The first kappa shape index (κ1) is 19.7. The normalized spacial score (nSPS) is 16.1. The Kier molecular flexibility index (Phi) is 4.17. The molecule has 33 heavy (non-hydrogen) atoms. The van der Waals surface area contributed by atoms with Crippen LogP contribution in [0.3, 0.4) is 0 Å². The minimum absolute atomic E-state index is 0.0166. The summed E-state index contributed by atoms with van der Waals surface area (Å²) < 4.78 is 6.96. The predicted octanol–water partition coefficient (Wildman–Crippen LogP) is 4.08. The summed E-state index contributed by atoms with van der Waals surface area (Å²) in [6.45, 7) is 4.69. The predicted molar refractivity (Wildman–Crippen MR) is 120 cm³/mol. The van der Waals surface area contributed by atoms with E-state index < -0.39 is 0 Å². The molecule has 166 valence electrons. The topological polar surface area (TPSA) is 106 Å². The first-order valence-corrected chi connectivity index (χ1v) is 10.9. The third-order valence-electron chi connectivity index (χ3n) is 6.69. The fourth-order valence-corrected chi connectivity index (χ4v) is 4.34.